The summed E-state index contributed by atoms with van der Waals surface area (Å²) in [7, 11) is 0. The van der Waals surface area contributed by atoms with Crippen LogP contribution in [0, 0.1) is 0 Å². The first-order chi connectivity index (χ1) is 9.86. The minimum atomic E-state index is 0.160. The van der Waals surface area contributed by atoms with E-state index < -0.39 is 0 Å². The molecule has 0 aliphatic carbocycles. The van der Waals surface area contributed by atoms with E-state index in [2.05, 4.69) is 23.2 Å². The molecule has 2 aromatic carbocycles. The number of aromatic nitrogens is 1. The van der Waals surface area contributed by atoms with Crippen LogP contribution in [0.2, 0.25) is 0 Å². The highest BCUT2D eigenvalue weighted by atomic mass is 32.2. The Hall–Kier alpha value is -1.36. The molecule has 0 aliphatic rings. The predicted octanol–water partition coefficient (Wildman–Crippen LogP) is 4.16. The summed E-state index contributed by atoms with van der Waals surface area (Å²) in [6.07, 6.45) is 0. The number of hydrogen-bond acceptors (Lipinski definition) is 4. The minimum absolute atomic E-state index is 0.160. The van der Waals surface area contributed by atoms with E-state index in [-0.39, 0.29) is 12.5 Å². The molecule has 0 fully saturated rings. The van der Waals surface area contributed by atoms with Crippen LogP contribution in [0.3, 0.4) is 0 Å². The summed E-state index contributed by atoms with van der Waals surface area (Å²) in [6, 6.07) is 18.3. The molecule has 1 aromatic heterocycles. The number of aliphatic hydroxyl groups is 1. The van der Waals surface area contributed by atoms with Crippen molar-refractivity contribution in [3.05, 3.63) is 60.2 Å². The van der Waals surface area contributed by atoms with Crippen molar-refractivity contribution in [1.82, 2.24) is 4.98 Å². The fourth-order valence-electron chi connectivity index (χ4n) is 2.06. The Morgan fingerprint density at radius 3 is 2.55 bits per heavy atom. The molecule has 0 aliphatic heterocycles. The third-order valence-electron chi connectivity index (χ3n) is 3.17. The van der Waals surface area contributed by atoms with Gasteiger partial charge in [0.15, 0.2) is 4.34 Å². The van der Waals surface area contributed by atoms with E-state index >= 15 is 0 Å². The van der Waals surface area contributed by atoms with Crippen molar-refractivity contribution in [2.24, 2.45) is 0 Å². The van der Waals surface area contributed by atoms with Gasteiger partial charge in [-0.25, -0.2) is 4.98 Å². The van der Waals surface area contributed by atoms with Gasteiger partial charge in [0.1, 0.15) is 0 Å². The summed E-state index contributed by atoms with van der Waals surface area (Å²) in [6.45, 7) is 0.169. The molecule has 2 nitrogen and oxygen atoms in total. The van der Waals surface area contributed by atoms with Crippen molar-refractivity contribution >= 4 is 33.3 Å². The highest BCUT2D eigenvalue weighted by molar-refractivity contribution is 8.01. The van der Waals surface area contributed by atoms with Gasteiger partial charge in [-0.05, 0) is 17.7 Å². The molecule has 0 unspecified atom stereocenters. The largest absolute Gasteiger partial charge is 0.396 e. The molecule has 0 bridgehead atoms. The Labute approximate surface area is 126 Å². The van der Waals surface area contributed by atoms with Crippen LogP contribution in [0.25, 0.3) is 10.2 Å². The molecule has 0 radical (unpaired) electrons. The Morgan fingerprint density at radius 1 is 1.05 bits per heavy atom. The smallest absolute Gasteiger partial charge is 0.151 e. The lowest BCUT2D eigenvalue weighted by atomic mass is 10.0. The van der Waals surface area contributed by atoms with Gasteiger partial charge in [0.2, 0.25) is 0 Å². The molecule has 0 saturated heterocycles. The van der Waals surface area contributed by atoms with Crippen molar-refractivity contribution < 1.29 is 5.11 Å². The second kappa shape index (κ2) is 6.39. The van der Waals surface area contributed by atoms with Crippen molar-refractivity contribution in [3.8, 4) is 0 Å². The molecule has 1 atom stereocenters. The number of thioether (sulfide) groups is 1. The van der Waals surface area contributed by atoms with Crippen LogP contribution in [0.5, 0.6) is 0 Å². The fourth-order valence-corrected chi connectivity index (χ4v) is 4.27. The van der Waals surface area contributed by atoms with Gasteiger partial charge >= 0.3 is 0 Å². The van der Waals surface area contributed by atoms with Crippen LogP contribution in [0.4, 0.5) is 0 Å². The molecule has 0 saturated carbocycles. The first-order valence-electron chi connectivity index (χ1n) is 6.51. The van der Waals surface area contributed by atoms with Crippen LogP contribution in [-0.4, -0.2) is 22.5 Å². The maximum atomic E-state index is 9.57. The van der Waals surface area contributed by atoms with E-state index in [0.29, 0.717) is 0 Å². The monoisotopic (exact) mass is 301 g/mol. The molecule has 3 aromatic rings. The Morgan fingerprint density at radius 2 is 1.80 bits per heavy atom. The Balaban J connectivity index is 1.71. The normalized spacial score (nSPS) is 12.7. The third kappa shape index (κ3) is 3.03. The second-order valence-corrected chi connectivity index (χ2v) is 6.85. The molecule has 0 amide bonds. The second-order valence-electron chi connectivity index (χ2n) is 4.55. The van der Waals surface area contributed by atoms with Crippen LogP contribution < -0.4 is 0 Å². The number of rotatable bonds is 5. The summed E-state index contributed by atoms with van der Waals surface area (Å²) < 4.78 is 2.29. The van der Waals surface area contributed by atoms with E-state index in [4.69, 9.17) is 0 Å². The van der Waals surface area contributed by atoms with Crippen molar-refractivity contribution in [2.75, 3.05) is 12.4 Å². The SMILES string of the molecule is OC[C@@H](CSc1nc2ccccc2s1)c1ccccc1. The molecule has 1 N–H and O–H groups in total. The van der Waals surface area contributed by atoms with Gasteiger partial charge in [-0.15, -0.1) is 11.3 Å². The van der Waals surface area contributed by atoms with Crippen LogP contribution in [0.1, 0.15) is 11.5 Å². The molecule has 102 valence electrons. The van der Waals surface area contributed by atoms with Gasteiger partial charge in [0, 0.05) is 11.7 Å². The minimum Gasteiger partial charge on any atom is -0.396 e. The number of thiazole rings is 1. The van der Waals surface area contributed by atoms with Gasteiger partial charge in [0.05, 0.1) is 16.8 Å². The summed E-state index contributed by atoms with van der Waals surface area (Å²) in [5.41, 5.74) is 2.24. The fraction of sp³-hybridized carbons (Fsp3) is 0.188. The van der Waals surface area contributed by atoms with E-state index in [1.165, 1.54) is 10.3 Å². The molecule has 3 rings (SSSR count). The number of hydrogen-bond donors (Lipinski definition) is 1. The number of para-hydroxylation sites is 1. The standard InChI is InChI=1S/C16H15NOS2/c18-10-13(12-6-2-1-3-7-12)11-19-16-17-14-8-4-5-9-15(14)20-16/h1-9,13,18H,10-11H2/t13-/m0/s1. The maximum Gasteiger partial charge on any atom is 0.151 e. The first kappa shape index (κ1) is 13.6. The topological polar surface area (TPSA) is 33.1 Å². The average Bonchev–Trinajstić information content (AvgIpc) is 2.92. The zero-order valence-corrected chi connectivity index (χ0v) is 12.5. The predicted molar refractivity (Wildman–Crippen MR) is 86.6 cm³/mol. The molecular formula is C16H15NOS2. The Kier molecular flexibility index (Phi) is 4.35. The number of benzene rings is 2. The van der Waals surface area contributed by atoms with Gasteiger partial charge < -0.3 is 5.11 Å². The Bertz CT molecular complexity index is 648. The lowest BCUT2D eigenvalue weighted by Crippen LogP contribution is -2.06. The van der Waals surface area contributed by atoms with E-state index in [0.717, 1.165) is 15.6 Å². The van der Waals surface area contributed by atoms with Gasteiger partial charge in [0.25, 0.3) is 0 Å². The zero-order valence-electron chi connectivity index (χ0n) is 10.9. The van der Waals surface area contributed by atoms with Crippen molar-refractivity contribution in [2.45, 2.75) is 10.3 Å². The molecule has 20 heavy (non-hydrogen) atoms. The van der Waals surface area contributed by atoms with Crippen LogP contribution >= 0.6 is 23.1 Å². The number of fused-ring (bicyclic) bond motifs is 1. The van der Waals surface area contributed by atoms with Crippen LogP contribution in [-0.2, 0) is 0 Å². The summed E-state index contributed by atoms with van der Waals surface area (Å²) in [5.74, 6) is 1.01. The van der Waals surface area contributed by atoms with Crippen molar-refractivity contribution in [1.29, 1.82) is 0 Å². The third-order valence-corrected chi connectivity index (χ3v) is 5.52. The summed E-state index contributed by atoms with van der Waals surface area (Å²) in [5, 5.41) is 9.57. The summed E-state index contributed by atoms with van der Waals surface area (Å²) >= 11 is 3.44. The van der Waals surface area contributed by atoms with Crippen molar-refractivity contribution in [3.63, 3.8) is 0 Å². The lowest BCUT2D eigenvalue weighted by molar-refractivity contribution is 0.275. The lowest BCUT2D eigenvalue weighted by Gasteiger charge is -2.12. The zero-order chi connectivity index (χ0) is 13.8. The molecular weight excluding hydrogens is 286 g/mol. The number of nitrogens with zero attached hydrogens (tertiary/aromatic N) is 1. The van der Waals surface area contributed by atoms with Gasteiger partial charge in [-0.2, -0.15) is 0 Å². The van der Waals surface area contributed by atoms with Gasteiger partial charge in [-0.1, -0.05) is 54.2 Å². The molecule has 1 heterocycles. The average molecular weight is 301 g/mol. The van der Waals surface area contributed by atoms with E-state index in [1.54, 1.807) is 23.1 Å². The first-order valence-corrected chi connectivity index (χ1v) is 8.31. The molecule has 4 heteroatoms. The molecule has 0 spiro atoms. The number of aliphatic hydroxyl groups excluding tert-OH is 1. The van der Waals surface area contributed by atoms with E-state index in [1.807, 2.05) is 36.4 Å². The highest BCUT2D eigenvalue weighted by Gasteiger charge is 2.12. The highest BCUT2D eigenvalue weighted by Crippen LogP contribution is 2.32. The quantitative estimate of drug-likeness (QED) is 0.718. The summed E-state index contributed by atoms with van der Waals surface area (Å²) in [4.78, 5) is 4.61. The maximum absolute atomic E-state index is 9.57. The van der Waals surface area contributed by atoms with E-state index in [9.17, 15) is 5.11 Å². The van der Waals surface area contributed by atoms with Crippen LogP contribution in [0.15, 0.2) is 58.9 Å². The van der Waals surface area contributed by atoms with Gasteiger partial charge in [-0.3, -0.25) is 0 Å².